The van der Waals surface area contributed by atoms with Crippen LogP contribution in [0.3, 0.4) is 0 Å². The van der Waals surface area contributed by atoms with Crippen LogP contribution in [0.2, 0.25) is 0 Å². The molecule has 0 radical (unpaired) electrons. The number of carbonyl (C=O) groups excluding carboxylic acids is 1. The average molecular weight is 343 g/mol. The summed E-state index contributed by atoms with van der Waals surface area (Å²) in [5.41, 5.74) is 1.41. The van der Waals surface area contributed by atoms with E-state index in [2.05, 4.69) is 32.1 Å². The van der Waals surface area contributed by atoms with Crippen molar-refractivity contribution >= 4 is 5.91 Å². The Balaban J connectivity index is 1.99. The second kappa shape index (κ2) is 9.25. The average Bonchev–Trinajstić information content (AvgIpc) is 3.04. The lowest BCUT2D eigenvalue weighted by molar-refractivity contribution is 0.0661. The first-order valence-corrected chi connectivity index (χ1v) is 9.05. The zero-order valence-electron chi connectivity index (χ0n) is 15.4. The van der Waals surface area contributed by atoms with E-state index in [1.54, 1.807) is 22.9 Å². The molecule has 0 bridgehead atoms. The van der Waals surface area contributed by atoms with Crippen LogP contribution in [-0.2, 0) is 17.9 Å². The predicted molar refractivity (Wildman–Crippen MR) is 100 cm³/mol. The molecule has 5 nitrogen and oxygen atoms in total. The van der Waals surface area contributed by atoms with E-state index in [9.17, 15) is 4.79 Å². The fourth-order valence-electron chi connectivity index (χ4n) is 3.07. The third-order valence-corrected chi connectivity index (χ3v) is 4.50. The van der Waals surface area contributed by atoms with Crippen molar-refractivity contribution in [3.63, 3.8) is 0 Å². The maximum atomic E-state index is 12.7. The lowest BCUT2D eigenvalue weighted by Crippen LogP contribution is -2.42. The summed E-state index contributed by atoms with van der Waals surface area (Å²) in [6.45, 7) is 14.4. The number of hydrogen-bond acceptors (Lipinski definition) is 3. The Kier molecular flexibility index (Phi) is 7.04. The topological polar surface area (TPSA) is 47.4 Å². The van der Waals surface area contributed by atoms with Gasteiger partial charge >= 0.3 is 0 Å². The lowest BCUT2D eigenvalue weighted by Gasteiger charge is -2.30. The van der Waals surface area contributed by atoms with Crippen LogP contribution < -0.4 is 0 Å². The minimum atomic E-state index is 0.0740. The van der Waals surface area contributed by atoms with E-state index in [0.717, 1.165) is 38.2 Å². The van der Waals surface area contributed by atoms with Gasteiger partial charge < -0.3 is 9.64 Å². The van der Waals surface area contributed by atoms with Crippen molar-refractivity contribution in [1.82, 2.24) is 14.7 Å². The second-order valence-corrected chi connectivity index (χ2v) is 6.41. The first-order valence-electron chi connectivity index (χ1n) is 9.05. The first kappa shape index (κ1) is 19.0. The van der Waals surface area contributed by atoms with Crippen molar-refractivity contribution in [3.05, 3.63) is 54.6 Å². The van der Waals surface area contributed by atoms with E-state index in [1.807, 2.05) is 11.0 Å². The van der Waals surface area contributed by atoms with Crippen LogP contribution in [0.5, 0.6) is 0 Å². The number of nitrogens with zero attached hydrogens (tertiary/aromatic N) is 3. The van der Waals surface area contributed by atoms with Crippen LogP contribution in [0.1, 0.15) is 49.3 Å². The van der Waals surface area contributed by atoms with E-state index in [1.165, 1.54) is 6.42 Å². The molecule has 1 aliphatic heterocycles. The van der Waals surface area contributed by atoms with E-state index in [4.69, 9.17) is 4.74 Å². The molecule has 0 saturated heterocycles. The Morgan fingerprint density at radius 1 is 1.44 bits per heavy atom. The van der Waals surface area contributed by atoms with E-state index < -0.39 is 0 Å². The normalized spacial score (nSPS) is 15.3. The maximum Gasteiger partial charge on any atom is 0.272 e. The van der Waals surface area contributed by atoms with Gasteiger partial charge in [0.2, 0.25) is 0 Å². The summed E-state index contributed by atoms with van der Waals surface area (Å²) in [7, 11) is 0. The van der Waals surface area contributed by atoms with E-state index >= 15 is 0 Å². The molecule has 136 valence electrons. The van der Waals surface area contributed by atoms with Crippen molar-refractivity contribution in [1.29, 1.82) is 0 Å². The van der Waals surface area contributed by atoms with Crippen molar-refractivity contribution < 1.29 is 9.53 Å². The van der Waals surface area contributed by atoms with Crippen molar-refractivity contribution in [3.8, 4) is 0 Å². The highest BCUT2D eigenvalue weighted by atomic mass is 16.5. The van der Waals surface area contributed by atoms with E-state index in [0.29, 0.717) is 24.0 Å². The van der Waals surface area contributed by atoms with Crippen LogP contribution >= 0.6 is 0 Å². The quantitative estimate of drug-likeness (QED) is 0.477. The second-order valence-electron chi connectivity index (χ2n) is 6.41. The van der Waals surface area contributed by atoms with Gasteiger partial charge in [-0.25, -0.2) is 0 Å². The fourth-order valence-corrected chi connectivity index (χ4v) is 3.07. The maximum absolute atomic E-state index is 12.7. The molecule has 25 heavy (non-hydrogen) atoms. The molecule has 0 spiro atoms. The van der Waals surface area contributed by atoms with Gasteiger partial charge in [-0.2, -0.15) is 5.10 Å². The van der Waals surface area contributed by atoms with Gasteiger partial charge in [-0.1, -0.05) is 52.0 Å². The molecule has 1 amide bonds. The van der Waals surface area contributed by atoms with Crippen LogP contribution in [0.4, 0.5) is 0 Å². The predicted octanol–water partition coefficient (Wildman–Crippen LogP) is 3.94. The molecule has 1 aromatic rings. The molecule has 0 aliphatic carbocycles. The van der Waals surface area contributed by atoms with Gasteiger partial charge in [-0.15, -0.1) is 0 Å². The first-order chi connectivity index (χ1) is 12.1. The highest BCUT2D eigenvalue weighted by Crippen LogP contribution is 2.19. The van der Waals surface area contributed by atoms with Crippen LogP contribution in [0, 0.1) is 5.92 Å². The number of hydrogen-bond donors (Lipinski definition) is 0. The van der Waals surface area contributed by atoms with Crippen LogP contribution in [-0.4, -0.2) is 33.7 Å². The molecule has 0 saturated carbocycles. The number of rotatable bonds is 10. The number of fused-ring (bicyclic) bond motifs is 1. The summed E-state index contributed by atoms with van der Waals surface area (Å²) >= 11 is 0. The summed E-state index contributed by atoms with van der Waals surface area (Å²) < 4.78 is 7.35. The summed E-state index contributed by atoms with van der Waals surface area (Å²) in [4.78, 5) is 14.7. The molecule has 1 aliphatic rings. The number of amides is 1. The van der Waals surface area contributed by atoms with Gasteiger partial charge in [-0.05, 0) is 24.5 Å². The monoisotopic (exact) mass is 343 g/mol. The minimum absolute atomic E-state index is 0.0740. The lowest BCUT2D eigenvalue weighted by atomic mass is 9.99. The summed E-state index contributed by atoms with van der Waals surface area (Å²) in [6, 6.07) is 1.83. The smallest absolute Gasteiger partial charge is 0.272 e. The largest absolute Gasteiger partial charge is 0.488 e. The Labute approximate surface area is 150 Å². The van der Waals surface area contributed by atoms with Gasteiger partial charge in [0.1, 0.15) is 23.8 Å². The van der Waals surface area contributed by atoms with Gasteiger partial charge in [0.25, 0.3) is 5.91 Å². The Morgan fingerprint density at radius 3 is 2.92 bits per heavy atom. The molecule has 2 rings (SSSR count). The standard InChI is InChI=1S/C20H29N3O2/c1-5-8-10-16(4)25-15-18-13-19-20(24)22(11-12-23(19)21-18)14-17(7-3)9-6-2/h5,8,10,13,17H,1,4,6-7,9,11-12,14-15H2,2-3H3/b10-8-. The molecule has 2 heterocycles. The number of aromatic nitrogens is 2. The zero-order chi connectivity index (χ0) is 18.2. The molecule has 5 heteroatoms. The Hall–Kier alpha value is -2.30. The van der Waals surface area contributed by atoms with Gasteiger partial charge in [0.15, 0.2) is 0 Å². The SMILES string of the molecule is C=C/C=C\C(=C)OCc1cc2n(n1)CCN(CC(CC)CCC)C2=O. The highest BCUT2D eigenvalue weighted by molar-refractivity contribution is 5.93. The molecule has 0 fully saturated rings. The Bertz CT molecular complexity index is 645. The molecule has 0 N–H and O–H groups in total. The van der Waals surface area contributed by atoms with Gasteiger partial charge in [0, 0.05) is 13.1 Å². The highest BCUT2D eigenvalue weighted by Gasteiger charge is 2.27. The number of allylic oxidation sites excluding steroid dienone is 3. The molecule has 0 aromatic carbocycles. The van der Waals surface area contributed by atoms with Crippen molar-refractivity contribution in [2.24, 2.45) is 5.92 Å². The molecular formula is C20H29N3O2. The zero-order valence-corrected chi connectivity index (χ0v) is 15.4. The van der Waals surface area contributed by atoms with Crippen molar-refractivity contribution in [2.75, 3.05) is 13.1 Å². The van der Waals surface area contributed by atoms with E-state index in [-0.39, 0.29) is 5.91 Å². The summed E-state index contributed by atoms with van der Waals surface area (Å²) in [5.74, 6) is 1.19. The van der Waals surface area contributed by atoms with Gasteiger partial charge in [-0.3, -0.25) is 9.48 Å². The molecule has 1 aromatic heterocycles. The number of ether oxygens (including phenoxy) is 1. The van der Waals surface area contributed by atoms with Crippen molar-refractivity contribution in [2.45, 2.75) is 46.3 Å². The molecular weight excluding hydrogens is 314 g/mol. The van der Waals surface area contributed by atoms with Crippen LogP contribution in [0.15, 0.2) is 43.2 Å². The summed E-state index contributed by atoms with van der Waals surface area (Å²) in [6.07, 6.45) is 8.61. The summed E-state index contributed by atoms with van der Waals surface area (Å²) in [5, 5.41) is 4.48. The molecule has 1 atom stereocenters. The number of carbonyl (C=O) groups is 1. The van der Waals surface area contributed by atoms with Crippen LogP contribution in [0.25, 0.3) is 0 Å². The fraction of sp³-hybridized carbons (Fsp3) is 0.500. The third-order valence-electron chi connectivity index (χ3n) is 4.50. The third kappa shape index (κ3) is 5.08. The minimum Gasteiger partial charge on any atom is -0.488 e. The molecule has 1 unspecified atom stereocenters. The van der Waals surface area contributed by atoms with Gasteiger partial charge in [0.05, 0.1) is 6.54 Å². The Morgan fingerprint density at radius 2 is 2.24 bits per heavy atom.